The van der Waals surface area contributed by atoms with E-state index in [0.29, 0.717) is 54.1 Å². The monoisotopic (exact) mass is 654 g/mol. The number of amides is 1. The van der Waals surface area contributed by atoms with Crippen molar-refractivity contribution in [3.05, 3.63) is 91.1 Å². The Balaban J connectivity index is 1.33. The highest BCUT2D eigenvalue weighted by Crippen LogP contribution is 2.34. The summed E-state index contributed by atoms with van der Waals surface area (Å²) in [5.41, 5.74) is 1.29. The van der Waals surface area contributed by atoms with Crippen LogP contribution < -0.4 is 10.3 Å². The second-order valence-corrected chi connectivity index (χ2v) is 10.9. The van der Waals surface area contributed by atoms with Crippen LogP contribution in [-0.2, 0) is 9.53 Å². The molecule has 6 rings (SSSR count). The van der Waals surface area contributed by atoms with Gasteiger partial charge in [0.05, 0.1) is 40.4 Å². The van der Waals surface area contributed by atoms with Crippen molar-refractivity contribution in [2.45, 2.75) is 0 Å². The van der Waals surface area contributed by atoms with E-state index in [1.54, 1.807) is 41.3 Å². The predicted molar refractivity (Wildman–Crippen MR) is 161 cm³/mol. The minimum Gasteiger partial charge on any atom is -0.481 e. The van der Waals surface area contributed by atoms with Gasteiger partial charge < -0.3 is 18.8 Å². The summed E-state index contributed by atoms with van der Waals surface area (Å²) < 4.78 is 19.1. The molecule has 1 amide bonds. The van der Waals surface area contributed by atoms with Crippen molar-refractivity contribution in [1.29, 1.82) is 0 Å². The minimum atomic E-state index is -0.373. The summed E-state index contributed by atoms with van der Waals surface area (Å²) in [4.78, 5) is 32.3. The second-order valence-electron chi connectivity index (χ2n) is 9.20. The average Bonchev–Trinajstić information content (AvgIpc) is 3.39. The van der Waals surface area contributed by atoms with Crippen molar-refractivity contribution >= 4 is 73.1 Å². The predicted octanol–water partition coefficient (Wildman–Crippen LogP) is 6.00. The summed E-state index contributed by atoms with van der Waals surface area (Å²) in [6.45, 7) is 1.80. The third-order valence-electron chi connectivity index (χ3n) is 6.50. The Bertz CT molecular complexity index is 1860. The van der Waals surface area contributed by atoms with Crippen LogP contribution in [0.5, 0.6) is 5.75 Å². The molecule has 1 aliphatic heterocycles. The van der Waals surface area contributed by atoms with Crippen LogP contribution in [-0.4, -0.2) is 59.6 Å². The van der Waals surface area contributed by atoms with Crippen LogP contribution in [0, 0.1) is 0 Å². The molecule has 3 heterocycles. The maximum atomic E-state index is 13.5. The highest BCUT2D eigenvalue weighted by Gasteiger charge is 2.20. The lowest BCUT2D eigenvalue weighted by Gasteiger charge is -2.26. The van der Waals surface area contributed by atoms with Crippen LogP contribution in [0.3, 0.4) is 0 Å². The lowest BCUT2D eigenvalue weighted by atomic mass is 10.2. The third kappa shape index (κ3) is 5.73. The molecule has 0 saturated carbocycles. The van der Waals surface area contributed by atoms with E-state index in [0.717, 1.165) is 9.86 Å². The lowest BCUT2D eigenvalue weighted by molar-refractivity contribution is -0.137. The van der Waals surface area contributed by atoms with E-state index in [-0.39, 0.29) is 39.7 Å². The first kappa shape index (κ1) is 27.5. The van der Waals surface area contributed by atoms with Crippen molar-refractivity contribution in [3.8, 4) is 17.3 Å². The van der Waals surface area contributed by atoms with Gasteiger partial charge in [0.15, 0.2) is 18.1 Å². The molecule has 41 heavy (non-hydrogen) atoms. The fraction of sp³-hybridized carbons (Fsp3) is 0.172. The zero-order chi connectivity index (χ0) is 28.5. The Kier molecular flexibility index (Phi) is 7.81. The van der Waals surface area contributed by atoms with Gasteiger partial charge in [0, 0.05) is 22.9 Å². The molecule has 0 unspecified atom stereocenters. The van der Waals surface area contributed by atoms with E-state index >= 15 is 0 Å². The topological polar surface area (TPSA) is 99.2 Å². The van der Waals surface area contributed by atoms with Crippen LogP contribution in [0.15, 0.2) is 79.4 Å². The van der Waals surface area contributed by atoms with E-state index in [1.807, 2.05) is 24.3 Å². The smallest absolute Gasteiger partial charge is 0.282 e. The van der Waals surface area contributed by atoms with Gasteiger partial charge in [-0.3, -0.25) is 9.59 Å². The number of aromatic nitrogens is 2. The van der Waals surface area contributed by atoms with Crippen LogP contribution >= 0.6 is 39.1 Å². The van der Waals surface area contributed by atoms with Gasteiger partial charge in [-0.25, -0.2) is 4.98 Å². The molecule has 208 valence electrons. The van der Waals surface area contributed by atoms with E-state index in [1.165, 1.54) is 10.9 Å². The molecule has 1 fully saturated rings. The Hall–Kier alpha value is -3.70. The first-order chi connectivity index (χ1) is 19.9. The number of carbonyl (C=O) groups excluding carboxylic acids is 1. The summed E-state index contributed by atoms with van der Waals surface area (Å²) in [7, 11) is 0. The molecule has 1 saturated heterocycles. The number of nitrogens with zero attached hydrogens (tertiary/aromatic N) is 4. The molecule has 12 heteroatoms. The summed E-state index contributed by atoms with van der Waals surface area (Å²) >= 11 is 16.4. The fourth-order valence-corrected chi connectivity index (χ4v) is 5.46. The number of halogens is 3. The molecule has 0 spiro atoms. The SMILES string of the molecule is O=C(COc1c(Cl)cc(C=Nn2c(-c3cc4cc(Br)ccc4o3)nc3ccccc3c2=O)cc1Cl)N1CCOCC1. The molecule has 5 aromatic rings. The number of carbonyl (C=O) groups is 1. The highest BCUT2D eigenvalue weighted by molar-refractivity contribution is 9.10. The Morgan fingerprint density at radius 3 is 2.61 bits per heavy atom. The number of furan rings is 1. The first-order valence-electron chi connectivity index (χ1n) is 12.6. The largest absolute Gasteiger partial charge is 0.481 e. The van der Waals surface area contributed by atoms with Crippen molar-refractivity contribution in [2.24, 2.45) is 5.10 Å². The van der Waals surface area contributed by atoms with Gasteiger partial charge in [-0.15, -0.1) is 0 Å². The zero-order valence-corrected chi connectivity index (χ0v) is 24.4. The average molecular weight is 656 g/mol. The van der Waals surface area contributed by atoms with Crippen molar-refractivity contribution in [3.63, 3.8) is 0 Å². The van der Waals surface area contributed by atoms with Gasteiger partial charge in [-0.2, -0.15) is 9.78 Å². The Labute approximate surface area is 252 Å². The zero-order valence-electron chi connectivity index (χ0n) is 21.4. The van der Waals surface area contributed by atoms with Gasteiger partial charge in [0.2, 0.25) is 5.82 Å². The van der Waals surface area contributed by atoms with Crippen LogP contribution in [0.2, 0.25) is 10.0 Å². The van der Waals surface area contributed by atoms with Crippen LogP contribution in [0.1, 0.15) is 5.56 Å². The molecular formula is C29H21BrCl2N4O5. The van der Waals surface area contributed by atoms with Gasteiger partial charge in [-0.05, 0) is 54.1 Å². The van der Waals surface area contributed by atoms with E-state index in [4.69, 9.17) is 42.1 Å². The number of hydrogen-bond acceptors (Lipinski definition) is 7. The molecule has 3 aromatic carbocycles. The van der Waals surface area contributed by atoms with E-state index in [2.05, 4.69) is 21.0 Å². The third-order valence-corrected chi connectivity index (χ3v) is 7.55. The molecule has 0 bridgehead atoms. The van der Waals surface area contributed by atoms with Gasteiger partial charge >= 0.3 is 0 Å². The highest BCUT2D eigenvalue weighted by atomic mass is 79.9. The molecule has 2 aromatic heterocycles. The van der Waals surface area contributed by atoms with E-state index in [9.17, 15) is 9.59 Å². The summed E-state index contributed by atoms with van der Waals surface area (Å²) in [6.07, 6.45) is 1.45. The number of morpholine rings is 1. The number of fused-ring (bicyclic) bond motifs is 2. The minimum absolute atomic E-state index is 0.181. The quantitative estimate of drug-likeness (QED) is 0.208. The number of rotatable bonds is 6. The van der Waals surface area contributed by atoms with Crippen LogP contribution in [0.4, 0.5) is 0 Å². The summed E-state index contributed by atoms with van der Waals surface area (Å²) in [6, 6.07) is 17.6. The fourth-order valence-electron chi connectivity index (χ4n) is 4.47. The van der Waals surface area contributed by atoms with Crippen molar-refractivity contribution in [2.75, 3.05) is 32.9 Å². The molecular weight excluding hydrogens is 635 g/mol. The van der Waals surface area contributed by atoms with Crippen molar-refractivity contribution in [1.82, 2.24) is 14.6 Å². The molecule has 0 aliphatic carbocycles. The number of hydrogen-bond donors (Lipinski definition) is 0. The van der Waals surface area contributed by atoms with Gasteiger partial charge in [0.25, 0.3) is 11.5 Å². The molecule has 1 aliphatic rings. The maximum Gasteiger partial charge on any atom is 0.282 e. The molecule has 0 N–H and O–H groups in total. The molecule has 9 nitrogen and oxygen atoms in total. The summed E-state index contributed by atoms with van der Waals surface area (Å²) in [5.74, 6) is 0.615. The van der Waals surface area contributed by atoms with Crippen LogP contribution in [0.25, 0.3) is 33.5 Å². The standard InChI is InChI=1S/C29H21BrCl2N4O5/c30-19-5-6-24-18(13-19)14-25(41-24)28-34-23-4-2-1-3-20(23)29(38)36(28)33-15-17-11-21(31)27(22(32)12-17)40-16-26(37)35-7-9-39-10-8-35/h1-6,11-15H,7-10,16H2. The maximum absolute atomic E-state index is 13.5. The van der Waals surface area contributed by atoms with Crippen molar-refractivity contribution < 1.29 is 18.7 Å². The number of para-hydroxylation sites is 1. The number of ether oxygens (including phenoxy) is 2. The summed E-state index contributed by atoms with van der Waals surface area (Å²) in [5, 5.41) is 6.09. The molecule has 0 radical (unpaired) electrons. The lowest BCUT2D eigenvalue weighted by Crippen LogP contribution is -2.43. The first-order valence-corrected chi connectivity index (χ1v) is 14.2. The number of benzene rings is 3. The molecule has 0 atom stereocenters. The second kappa shape index (κ2) is 11.7. The van der Waals surface area contributed by atoms with Gasteiger partial charge in [-0.1, -0.05) is 51.3 Å². The normalized spacial score (nSPS) is 13.9. The van der Waals surface area contributed by atoms with Gasteiger partial charge in [0.1, 0.15) is 5.58 Å². The Morgan fingerprint density at radius 1 is 1.07 bits per heavy atom. The van der Waals surface area contributed by atoms with E-state index < -0.39 is 0 Å². The Morgan fingerprint density at radius 2 is 1.83 bits per heavy atom.